The maximum absolute atomic E-state index is 9.79. The van der Waals surface area contributed by atoms with Crippen molar-refractivity contribution in [3.8, 4) is 22.6 Å². The van der Waals surface area contributed by atoms with E-state index in [4.69, 9.17) is 5.11 Å². The Morgan fingerprint density at radius 2 is 1.65 bits per heavy atom. The molecule has 0 unspecified atom stereocenters. The van der Waals surface area contributed by atoms with E-state index in [1.807, 2.05) is 30.3 Å². The number of phenols is 2. The highest BCUT2D eigenvalue weighted by Gasteiger charge is 2.11. The van der Waals surface area contributed by atoms with Crippen LogP contribution < -0.4 is 0 Å². The SMILES string of the molecule is OCCc1c(O)cc(O)cc1-c1ccccc1. The van der Waals surface area contributed by atoms with Gasteiger partial charge >= 0.3 is 0 Å². The normalized spacial score (nSPS) is 10.4. The van der Waals surface area contributed by atoms with E-state index in [1.54, 1.807) is 6.07 Å². The standard InChI is InChI=1S/C14H14O3/c15-7-6-12-13(8-11(16)9-14(12)17)10-4-2-1-3-5-10/h1-5,8-9,15-17H,6-7H2. The van der Waals surface area contributed by atoms with Crippen molar-refractivity contribution in [3.05, 3.63) is 48.0 Å². The summed E-state index contributed by atoms with van der Waals surface area (Å²) in [5, 5.41) is 28.3. The Balaban J connectivity index is 2.59. The van der Waals surface area contributed by atoms with Crippen molar-refractivity contribution in [1.82, 2.24) is 0 Å². The molecule has 0 aliphatic heterocycles. The molecule has 0 atom stereocenters. The van der Waals surface area contributed by atoms with Crippen LogP contribution in [0.5, 0.6) is 11.5 Å². The molecule has 0 spiro atoms. The molecule has 2 rings (SSSR count). The van der Waals surface area contributed by atoms with Crippen molar-refractivity contribution in [3.63, 3.8) is 0 Å². The van der Waals surface area contributed by atoms with Crippen LogP contribution in [0.4, 0.5) is 0 Å². The molecule has 0 amide bonds. The molecule has 0 bridgehead atoms. The molecule has 2 aromatic rings. The molecule has 0 saturated carbocycles. The lowest BCUT2D eigenvalue weighted by Gasteiger charge is -2.11. The Hall–Kier alpha value is -2.00. The van der Waals surface area contributed by atoms with E-state index in [0.717, 1.165) is 11.1 Å². The molecule has 0 aliphatic rings. The van der Waals surface area contributed by atoms with Crippen LogP contribution in [-0.2, 0) is 6.42 Å². The lowest BCUT2D eigenvalue weighted by Crippen LogP contribution is -1.95. The van der Waals surface area contributed by atoms with Crippen LogP contribution in [0.3, 0.4) is 0 Å². The second-order valence-electron chi connectivity index (χ2n) is 3.83. The lowest BCUT2D eigenvalue weighted by molar-refractivity contribution is 0.297. The van der Waals surface area contributed by atoms with E-state index in [1.165, 1.54) is 6.07 Å². The predicted octanol–water partition coefficient (Wildman–Crippen LogP) is 2.30. The highest BCUT2D eigenvalue weighted by atomic mass is 16.3. The van der Waals surface area contributed by atoms with Crippen molar-refractivity contribution >= 4 is 0 Å². The summed E-state index contributed by atoms with van der Waals surface area (Å²) >= 11 is 0. The molecule has 3 heteroatoms. The van der Waals surface area contributed by atoms with Crippen LogP contribution in [0.2, 0.25) is 0 Å². The van der Waals surface area contributed by atoms with Crippen LogP contribution in [0, 0.1) is 0 Å². The van der Waals surface area contributed by atoms with Gasteiger partial charge in [0.25, 0.3) is 0 Å². The van der Waals surface area contributed by atoms with Crippen molar-refractivity contribution in [2.45, 2.75) is 6.42 Å². The number of hydrogen-bond donors (Lipinski definition) is 3. The highest BCUT2D eigenvalue weighted by molar-refractivity contribution is 5.71. The third-order valence-corrected chi connectivity index (χ3v) is 2.66. The molecule has 0 radical (unpaired) electrons. The third-order valence-electron chi connectivity index (χ3n) is 2.66. The first-order valence-electron chi connectivity index (χ1n) is 5.43. The quantitative estimate of drug-likeness (QED) is 0.758. The van der Waals surface area contributed by atoms with Crippen molar-refractivity contribution < 1.29 is 15.3 Å². The fourth-order valence-corrected chi connectivity index (χ4v) is 1.89. The topological polar surface area (TPSA) is 60.7 Å². The smallest absolute Gasteiger partial charge is 0.123 e. The van der Waals surface area contributed by atoms with Crippen molar-refractivity contribution in [2.75, 3.05) is 6.61 Å². The molecule has 0 aliphatic carbocycles. The van der Waals surface area contributed by atoms with E-state index < -0.39 is 0 Å². The number of phenolic OH excluding ortho intramolecular Hbond substituents is 2. The second kappa shape index (κ2) is 4.89. The van der Waals surface area contributed by atoms with Gasteiger partial charge in [-0.05, 0) is 23.6 Å². The lowest BCUT2D eigenvalue weighted by atomic mass is 9.96. The summed E-state index contributed by atoms with van der Waals surface area (Å²) < 4.78 is 0. The van der Waals surface area contributed by atoms with Crippen LogP contribution in [0.15, 0.2) is 42.5 Å². The first-order chi connectivity index (χ1) is 8.22. The largest absolute Gasteiger partial charge is 0.508 e. The maximum atomic E-state index is 9.79. The van der Waals surface area contributed by atoms with E-state index >= 15 is 0 Å². The summed E-state index contributed by atoms with van der Waals surface area (Å²) in [6, 6.07) is 12.4. The molecule has 3 nitrogen and oxygen atoms in total. The molecule has 0 fully saturated rings. The molecular weight excluding hydrogens is 216 g/mol. The predicted molar refractivity (Wildman–Crippen MR) is 66.0 cm³/mol. The zero-order valence-electron chi connectivity index (χ0n) is 9.30. The first-order valence-corrected chi connectivity index (χ1v) is 5.43. The third kappa shape index (κ3) is 2.40. The Bertz CT molecular complexity index is 506. The fourth-order valence-electron chi connectivity index (χ4n) is 1.89. The van der Waals surface area contributed by atoms with Crippen molar-refractivity contribution in [2.24, 2.45) is 0 Å². The van der Waals surface area contributed by atoms with Crippen LogP contribution in [-0.4, -0.2) is 21.9 Å². The summed E-state index contributed by atoms with van der Waals surface area (Å²) in [7, 11) is 0. The van der Waals surface area contributed by atoms with Crippen LogP contribution in [0.25, 0.3) is 11.1 Å². The van der Waals surface area contributed by atoms with Gasteiger partial charge in [-0.15, -0.1) is 0 Å². The number of hydrogen-bond acceptors (Lipinski definition) is 3. The average molecular weight is 230 g/mol. The van der Waals surface area contributed by atoms with Gasteiger partial charge in [-0.3, -0.25) is 0 Å². The Morgan fingerprint density at radius 3 is 2.29 bits per heavy atom. The molecule has 0 aromatic heterocycles. The summed E-state index contributed by atoms with van der Waals surface area (Å²) in [5.41, 5.74) is 2.30. The Labute approximate surface area is 99.6 Å². The Kier molecular flexibility index (Phi) is 3.30. The van der Waals surface area contributed by atoms with Gasteiger partial charge in [0.05, 0.1) is 0 Å². The van der Waals surface area contributed by atoms with Crippen LogP contribution >= 0.6 is 0 Å². The van der Waals surface area contributed by atoms with E-state index in [9.17, 15) is 10.2 Å². The van der Waals surface area contributed by atoms with Gasteiger partial charge in [0.1, 0.15) is 11.5 Å². The summed E-state index contributed by atoms with van der Waals surface area (Å²) in [6.07, 6.45) is 0.357. The minimum atomic E-state index is -0.0435. The van der Waals surface area contributed by atoms with Gasteiger partial charge in [-0.1, -0.05) is 30.3 Å². The first kappa shape index (κ1) is 11.5. The summed E-state index contributed by atoms with van der Waals surface area (Å²) in [5.74, 6) is 0.0287. The summed E-state index contributed by atoms with van der Waals surface area (Å²) in [6.45, 7) is -0.0435. The van der Waals surface area contributed by atoms with Gasteiger partial charge in [0, 0.05) is 18.2 Å². The molecule has 88 valence electrons. The van der Waals surface area contributed by atoms with Gasteiger partial charge in [0.2, 0.25) is 0 Å². The number of benzene rings is 2. The van der Waals surface area contributed by atoms with E-state index in [2.05, 4.69) is 0 Å². The second-order valence-corrected chi connectivity index (χ2v) is 3.83. The minimum Gasteiger partial charge on any atom is -0.508 e. The van der Waals surface area contributed by atoms with Gasteiger partial charge < -0.3 is 15.3 Å². The highest BCUT2D eigenvalue weighted by Crippen LogP contribution is 2.34. The average Bonchev–Trinajstić information content (AvgIpc) is 2.33. The number of aromatic hydroxyl groups is 2. The van der Waals surface area contributed by atoms with Gasteiger partial charge in [0.15, 0.2) is 0 Å². The fraction of sp³-hybridized carbons (Fsp3) is 0.143. The maximum Gasteiger partial charge on any atom is 0.123 e. The zero-order valence-corrected chi connectivity index (χ0v) is 9.30. The molecule has 0 heterocycles. The Morgan fingerprint density at radius 1 is 0.941 bits per heavy atom. The molecule has 2 aromatic carbocycles. The van der Waals surface area contributed by atoms with Crippen LogP contribution in [0.1, 0.15) is 5.56 Å². The summed E-state index contributed by atoms with van der Waals surface area (Å²) in [4.78, 5) is 0. The minimum absolute atomic E-state index is 0.0119. The zero-order chi connectivity index (χ0) is 12.3. The number of aliphatic hydroxyl groups is 1. The van der Waals surface area contributed by atoms with Crippen molar-refractivity contribution in [1.29, 1.82) is 0 Å². The van der Waals surface area contributed by atoms with Gasteiger partial charge in [-0.25, -0.2) is 0 Å². The molecule has 0 saturated heterocycles. The molecule has 17 heavy (non-hydrogen) atoms. The molecule has 3 N–H and O–H groups in total. The monoisotopic (exact) mass is 230 g/mol. The van der Waals surface area contributed by atoms with Gasteiger partial charge in [-0.2, -0.15) is 0 Å². The van der Waals surface area contributed by atoms with E-state index in [-0.39, 0.29) is 18.1 Å². The number of aliphatic hydroxyl groups excluding tert-OH is 1. The number of rotatable bonds is 3. The van der Waals surface area contributed by atoms with E-state index in [0.29, 0.717) is 12.0 Å². The molecular formula is C14H14O3.